The molecule has 0 saturated heterocycles. The highest BCUT2D eigenvalue weighted by atomic mass is 19.1. The first-order valence-electron chi connectivity index (χ1n) is 9.11. The van der Waals surface area contributed by atoms with Crippen LogP contribution in [0.25, 0.3) is 16.7 Å². The number of rotatable bonds is 3. The van der Waals surface area contributed by atoms with Gasteiger partial charge in [0.2, 0.25) is 0 Å². The summed E-state index contributed by atoms with van der Waals surface area (Å²) in [5.41, 5.74) is 1.01. The van der Waals surface area contributed by atoms with E-state index < -0.39 is 23.0 Å². The predicted molar refractivity (Wildman–Crippen MR) is 112 cm³/mol. The fourth-order valence-electron chi connectivity index (χ4n) is 3.17. The Morgan fingerprint density at radius 2 is 1.80 bits per heavy atom. The summed E-state index contributed by atoms with van der Waals surface area (Å²) < 4.78 is 15.4. The van der Waals surface area contributed by atoms with Gasteiger partial charge in [-0.3, -0.25) is 14.2 Å². The highest BCUT2D eigenvalue weighted by Gasteiger charge is 2.16. The van der Waals surface area contributed by atoms with E-state index in [1.165, 1.54) is 48.1 Å². The van der Waals surface area contributed by atoms with Crippen LogP contribution in [0, 0.1) is 12.7 Å². The summed E-state index contributed by atoms with van der Waals surface area (Å²) in [4.78, 5) is 42.2. The van der Waals surface area contributed by atoms with E-state index in [1.807, 2.05) is 25.1 Å². The number of carbonyl (C=O) groups is 1. The van der Waals surface area contributed by atoms with Gasteiger partial charge in [0, 0.05) is 18.9 Å². The number of pyridine rings is 1. The van der Waals surface area contributed by atoms with E-state index in [9.17, 15) is 18.8 Å². The second kappa shape index (κ2) is 7.40. The van der Waals surface area contributed by atoms with Crippen molar-refractivity contribution in [1.29, 1.82) is 0 Å². The van der Waals surface area contributed by atoms with Crippen LogP contribution in [0.2, 0.25) is 0 Å². The second-order valence-corrected chi connectivity index (χ2v) is 6.88. The minimum absolute atomic E-state index is 0.0850. The van der Waals surface area contributed by atoms with Gasteiger partial charge in [-0.15, -0.1) is 0 Å². The van der Waals surface area contributed by atoms with Crippen LogP contribution >= 0.6 is 0 Å². The van der Waals surface area contributed by atoms with Crippen molar-refractivity contribution in [2.45, 2.75) is 6.92 Å². The standard InChI is InChI=1S/C22H17FN4O3/c1-13-4-3-5-16(10-13)25-20(28)14-11-18-19(24-12-14)27(22(30)26(2)21(18)29)17-8-6-15(23)7-9-17/h3-12H,1-2H3,(H,25,28). The Morgan fingerprint density at radius 1 is 1.07 bits per heavy atom. The van der Waals surface area contributed by atoms with Crippen LogP contribution in [0.5, 0.6) is 0 Å². The summed E-state index contributed by atoms with van der Waals surface area (Å²) in [6.07, 6.45) is 1.30. The van der Waals surface area contributed by atoms with Gasteiger partial charge in [-0.25, -0.2) is 18.7 Å². The molecule has 0 atom stereocenters. The van der Waals surface area contributed by atoms with Crippen LogP contribution in [0.3, 0.4) is 0 Å². The molecule has 0 radical (unpaired) electrons. The molecule has 2 heterocycles. The maximum Gasteiger partial charge on any atom is 0.337 e. The summed E-state index contributed by atoms with van der Waals surface area (Å²) in [6, 6.07) is 14.0. The zero-order valence-corrected chi connectivity index (χ0v) is 16.2. The molecular weight excluding hydrogens is 387 g/mol. The molecule has 0 aliphatic rings. The Hall–Kier alpha value is -4.07. The monoisotopic (exact) mass is 404 g/mol. The number of anilines is 1. The molecule has 0 fully saturated rings. The molecule has 0 aliphatic carbocycles. The molecule has 0 unspecified atom stereocenters. The van der Waals surface area contributed by atoms with Gasteiger partial charge < -0.3 is 5.32 Å². The molecule has 7 nitrogen and oxygen atoms in total. The second-order valence-electron chi connectivity index (χ2n) is 6.88. The molecule has 2 aromatic heterocycles. The summed E-state index contributed by atoms with van der Waals surface area (Å²) in [5, 5.41) is 2.86. The quantitative estimate of drug-likeness (QED) is 0.569. The first kappa shape index (κ1) is 19.3. The summed E-state index contributed by atoms with van der Waals surface area (Å²) in [6.45, 7) is 1.91. The van der Waals surface area contributed by atoms with Gasteiger partial charge >= 0.3 is 5.69 Å². The smallest absolute Gasteiger partial charge is 0.322 e. The first-order chi connectivity index (χ1) is 14.3. The van der Waals surface area contributed by atoms with E-state index in [0.29, 0.717) is 11.4 Å². The summed E-state index contributed by atoms with van der Waals surface area (Å²) >= 11 is 0. The number of fused-ring (bicyclic) bond motifs is 1. The number of nitrogens with one attached hydrogen (secondary N) is 1. The van der Waals surface area contributed by atoms with Crippen LogP contribution in [-0.4, -0.2) is 20.0 Å². The van der Waals surface area contributed by atoms with Gasteiger partial charge in [-0.2, -0.15) is 0 Å². The number of aryl methyl sites for hydroxylation is 1. The molecule has 0 saturated carbocycles. The topological polar surface area (TPSA) is 86.0 Å². The third-order valence-electron chi connectivity index (χ3n) is 4.71. The van der Waals surface area contributed by atoms with Crippen LogP contribution in [0.15, 0.2) is 70.4 Å². The van der Waals surface area contributed by atoms with Gasteiger partial charge in [0.15, 0.2) is 5.65 Å². The van der Waals surface area contributed by atoms with Crippen molar-refractivity contribution in [3.8, 4) is 5.69 Å². The predicted octanol–water partition coefficient (Wildman–Crippen LogP) is 2.78. The maximum absolute atomic E-state index is 13.3. The third kappa shape index (κ3) is 3.39. The number of hydrogen-bond acceptors (Lipinski definition) is 4. The fourth-order valence-corrected chi connectivity index (χ4v) is 3.17. The van der Waals surface area contributed by atoms with Crippen molar-refractivity contribution in [1.82, 2.24) is 14.1 Å². The fraction of sp³-hybridized carbons (Fsp3) is 0.0909. The Kier molecular flexibility index (Phi) is 4.75. The highest BCUT2D eigenvalue weighted by molar-refractivity contribution is 6.05. The zero-order chi connectivity index (χ0) is 21.4. The molecule has 150 valence electrons. The van der Waals surface area contributed by atoms with Crippen LogP contribution in [0.4, 0.5) is 10.1 Å². The van der Waals surface area contributed by atoms with Crippen molar-refractivity contribution in [3.05, 3.63) is 98.6 Å². The van der Waals surface area contributed by atoms with Crippen LogP contribution in [-0.2, 0) is 7.05 Å². The number of nitrogens with zero attached hydrogens (tertiary/aromatic N) is 3. The largest absolute Gasteiger partial charge is 0.337 e. The third-order valence-corrected chi connectivity index (χ3v) is 4.71. The molecule has 4 aromatic rings. The first-order valence-corrected chi connectivity index (χ1v) is 9.11. The molecule has 4 rings (SSSR count). The summed E-state index contributed by atoms with van der Waals surface area (Å²) in [7, 11) is 1.34. The van der Waals surface area contributed by atoms with E-state index in [1.54, 1.807) is 6.07 Å². The molecule has 0 bridgehead atoms. The lowest BCUT2D eigenvalue weighted by atomic mass is 10.2. The lowest BCUT2D eigenvalue weighted by Crippen LogP contribution is -2.38. The maximum atomic E-state index is 13.3. The van der Waals surface area contributed by atoms with E-state index in [-0.39, 0.29) is 16.6 Å². The number of aromatic nitrogens is 3. The lowest BCUT2D eigenvalue weighted by Gasteiger charge is -2.12. The highest BCUT2D eigenvalue weighted by Crippen LogP contribution is 2.16. The molecule has 1 N–H and O–H groups in total. The van der Waals surface area contributed by atoms with E-state index >= 15 is 0 Å². The molecule has 8 heteroatoms. The molecule has 2 aromatic carbocycles. The Morgan fingerprint density at radius 3 is 2.50 bits per heavy atom. The minimum Gasteiger partial charge on any atom is -0.322 e. The normalized spacial score (nSPS) is 10.9. The van der Waals surface area contributed by atoms with Gasteiger partial charge in [0.1, 0.15) is 5.82 Å². The van der Waals surface area contributed by atoms with Gasteiger partial charge in [0.25, 0.3) is 11.5 Å². The van der Waals surface area contributed by atoms with E-state index in [2.05, 4.69) is 10.3 Å². The lowest BCUT2D eigenvalue weighted by molar-refractivity contribution is 0.102. The number of carbonyl (C=O) groups excluding carboxylic acids is 1. The number of benzene rings is 2. The van der Waals surface area contributed by atoms with Crippen molar-refractivity contribution >= 4 is 22.6 Å². The zero-order valence-electron chi connectivity index (χ0n) is 16.2. The average molecular weight is 404 g/mol. The van der Waals surface area contributed by atoms with E-state index in [4.69, 9.17) is 0 Å². The number of halogens is 1. The van der Waals surface area contributed by atoms with Gasteiger partial charge in [-0.1, -0.05) is 12.1 Å². The minimum atomic E-state index is -0.622. The van der Waals surface area contributed by atoms with Crippen LogP contribution in [0.1, 0.15) is 15.9 Å². The van der Waals surface area contributed by atoms with Gasteiger partial charge in [0.05, 0.1) is 16.6 Å². The Balaban J connectivity index is 1.85. The Bertz CT molecular complexity index is 1410. The van der Waals surface area contributed by atoms with Crippen molar-refractivity contribution in [3.63, 3.8) is 0 Å². The van der Waals surface area contributed by atoms with E-state index in [0.717, 1.165) is 10.1 Å². The average Bonchev–Trinajstić information content (AvgIpc) is 2.73. The number of amides is 1. The van der Waals surface area contributed by atoms with Crippen molar-refractivity contribution in [2.75, 3.05) is 5.32 Å². The van der Waals surface area contributed by atoms with Crippen LogP contribution < -0.4 is 16.6 Å². The Labute approximate surface area is 170 Å². The molecule has 30 heavy (non-hydrogen) atoms. The molecule has 1 amide bonds. The van der Waals surface area contributed by atoms with Crippen molar-refractivity contribution < 1.29 is 9.18 Å². The van der Waals surface area contributed by atoms with Gasteiger partial charge in [-0.05, 0) is 55.0 Å². The molecular formula is C22H17FN4O3. The molecule has 0 aliphatic heterocycles. The SMILES string of the molecule is Cc1cccc(NC(=O)c2cnc3c(c2)c(=O)n(C)c(=O)n3-c2ccc(F)cc2)c1. The van der Waals surface area contributed by atoms with Crippen molar-refractivity contribution in [2.24, 2.45) is 7.05 Å². The number of hydrogen-bond donors (Lipinski definition) is 1. The molecule has 0 spiro atoms. The summed E-state index contributed by atoms with van der Waals surface area (Å²) in [5.74, 6) is -0.888.